The second-order valence-electron chi connectivity index (χ2n) is 6.31. The Kier molecular flexibility index (Phi) is 7.02. The number of rotatable bonds is 8. The SMILES string of the molecule is COc1cccc(N(CC(=O)Nc2cccc(SC)c2)S(=O)(=O)c2ccccc2)c1. The summed E-state index contributed by atoms with van der Waals surface area (Å²) < 4.78 is 33.0. The summed E-state index contributed by atoms with van der Waals surface area (Å²) in [6.07, 6.45) is 1.94. The quantitative estimate of drug-likeness (QED) is 0.528. The molecule has 3 rings (SSSR count). The molecule has 0 saturated heterocycles. The van der Waals surface area contributed by atoms with Crippen LogP contribution < -0.4 is 14.4 Å². The van der Waals surface area contributed by atoms with Crippen LogP contribution in [0.3, 0.4) is 0 Å². The van der Waals surface area contributed by atoms with Crippen molar-refractivity contribution in [3.63, 3.8) is 0 Å². The standard InChI is InChI=1S/C22H22N2O4S2/c1-28-19-10-7-9-18(15-19)24(30(26,27)21-12-4-3-5-13-21)16-22(25)23-17-8-6-11-20(14-17)29-2/h3-15H,16H2,1-2H3,(H,23,25). The van der Waals surface area contributed by atoms with Gasteiger partial charge in [-0.05, 0) is 48.7 Å². The number of nitrogens with zero attached hydrogens (tertiary/aromatic N) is 1. The number of hydrogen-bond donors (Lipinski definition) is 1. The molecule has 0 heterocycles. The van der Waals surface area contributed by atoms with E-state index in [4.69, 9.17) is 4.74 Å². The molecule has 156 valence electrons. The van der Waals surface area contributed by atoms with Crippen molar-refractivity contribution in [1.82, 2.24) is 0 Å². The zero-order valence-electron chi connectivity index (χ0n) is 16.6. The molecule has 1 amide bonds. The van der Waals surface area contributed by atoms with Crippen molar-refractivity contribution in [3.05, 3.63) is 78.9 Å². The summed E-state index contributed by atoms with van der Waals surface area (Å²) in [6.45, 7) is -0.381. The summed E-state index contributed by atoms with van der Waals surface area (Å²) in [7, 11) is -2.47. The second-order valence-corrected chi connectivity index (χ2v) is 9.05. The molecule has 0 spiro atoms. The highest BCUT2D eigenvalue weighted by molar-refractivity contribution is 7.98. The third kappa shape index (κ3) is 5.14. The van der Waals surface area contributed by atoms with Crippen molar-refractivity contribution >= 4 is 39.1 Å². The molecule has 0 aromatic heterocycles. The molecule has 0 saturated carbocycles. The zero-order chi connectivity index (χ0) is 21.6. The van der Waals surface area contributed by atoms with Crippen LogP contribution in [0.5, 0.6) is 5.75 Å². The zero-order valence-corrected chi connectivity index (χ0v) is 18.2. The van der Waals surface area contributed by atoms with Gasteiger partial charge in [-0.2, -0.15) is 0 Å². The van der Waals surface area contributed by atoms with Gasteiger partial charge in [0, 0.05) is 16.6 Å². The number of nitrogens with one attached hydrogen (secondary N) is 1. The first-order valence-electron chi connectivity index (χ1n) is 9.10. The molecule has 1 N–H and O–H groups in total. The van der Waals surface area contributed by atoms with Crippen LogP contribution in [0.1, 0.15) is 0 Å². The van der Waals surface area contributed by atoms with Gasteiger partial charge in [-0.25, -0.2) is 8.42 Å². The molecule has 30 heavy (non-hydrogen) atoms. The minimum Gasteiger partial charge on any atom is -0.497 e. The molecule has 0 bridgehead atoms. The first-order chi connectivity index (χ1) is 14.4. The summed E-state index contributed by atoms with van der Waals surface area (Å²) in [5.41, 5.74) is 0.945. The lowest BCUT2D eigenvalue weighted by Gasteiger charge is -2.24. The van der Waals surface area contributed by atoms with Crippen LogP contribution >= 0.6 is 11.8 Å². The molecule has 0 fully saturated rings. The van der Waals surface area contributed by atoms with Gasteiger partial charge in [0.2, 0.25) is 5.91 Å². The maximum absolute atomic E-state index is 13.3. The first-order valence-corrected chi connectivity index (χ1v) is 11.8. The van der Waals surface area contributed by atoms with E-state index in [1.165, 1.54) is 19.2 Å². The highest BCUT2D eigenvalue weighted by Gasteiger charge is 2.27. The maximum Gasteiger partial charge on any atom is 0.264 e. The molecule has 0 atom stereocenters. The monoisotopic (exact) mass is 442 g/mol. The van der Waals surface area contributed by atoms with Gasteiger partial charge in [-0.1, -0.05) is 30.3 Å². The van der Waals surface area contributed by atoms with E-state index < -0.39 is 15.9 Å². The summed E-state index contributed by atoms with van der Waals surface area (Å²) in [6, 6.07) is 22.0. The number of carbonyl (C=O) groups is 1. The highest BCUT2D eigenvalue weighted by atomic mass is 32.2. The van der Waals surface area contributed by atoms with Crippen LogP contribution in [0.25, 0.3) is 0 Å². The van der Waals surface area contributed by atoms with Crippen molar-refractivity contribution in [1.29, 1.82) is 0 Å². The number of hydrogen-bond acceptors (Lipinski definition) is 5. The van der Waals surface area contributed by atoms with Gasteiger partial charge in [-0.3, -0.25) is 9.10 Å². The van der Waals surface area contributed by atoms with Crippen molar-refractivity contribution < 1.29 is 17.9 Å². The molecule has 0 unspecified atom stereocenters. The van der Waals surface area contributed by atoms with Crippen molar-refractivity contribution in [2.75, 3.05) is 29.5 Å². The maximum atomic E-state index is 13.3. The predicted molar refractivity (Wildman–Crippen MR) is 121 cm³/mol. The van der Waals surface area contributed by atoms with Gasteiger partial charge in [-0.15, -0.1) is 11.8 Å². The molecule has 6 nitrogen and oxygen atoms in total. The van der Waals surface area contributed by atoms with Crippen molar-refractivity contribution in [3.8, 4) is 5.75 Å². The number of amides is 1. The van der Waals surface area contributed by atoms with E-state index in [1.54, 1.807) is 60.3 Å². The molecule has 0 aliphatic carbocycles. The molecule has 0 radical (unpaired) electrons. The summed E-state index contributed by atoms with van der Waals surface area (Å²) in [4.78, 5) is 13.9. The summed E-state index contributed by atoms with van der Waals surface area (Å²) in [5.74, 6) is 0.0458. The molecule has 3 aromatic rings. The summed E-state index contributed by atoms with van der Waals surface area (Å²) in [5, 5.41) is 2.78. The van der Waals surface area contributed by atoms with Crippen molar-refractivity contribution in [2.45, 2.75) is 9.79 Å². The van der Waals surface area contributed by atoms with E-state index in [2.05, 4.69) is 5.32 Å². The van der Waals surface area contributed by atoms with E-state index >= 15 is 0 Å². The molecule has 0 aliphatic rings. The minimum absolute atomic E-state index is 0.102. The Morgan fingerprint density at radius 3 is 2.43 bits per heavy atom. The third-order valence-electron chi connectivity index (χ3n) is 4.31. The largest absolute Gasteiger partial charge is 0.497 e. The lowest BCUT2D eigenvalue weighted by molar-refractivity contribution is -0.114. The Morgan fingerprint density at radius 1 is 1.00 bits per heavy atom. The number of methoxy groups -OCH3 is 1. The topological polar surface area (TPSA) is 75.7 Å². The van der Waals surface area contributed by atoms with E-state index in [0.29, 0.717) is 17.1 Å². The predicted octanol–water partition coefficient (Wildman–Crippen LogP) is 4.25. The molecular weight excluding hydrogens is 420 g/mol. The fourth-order valence-corrected chi connectivity index (χ4v) is 4.73. The van der Waals surface area contributed by atoms with Gasteiger partial charge in [0.15, 0.2) is 0 Å². The normalized spacial score (nSPS) is 11.0. The number of thioether (sulfide) groups is 1. The number of ether oxygens (including phenoxy) is 1. The number of sulfonamides is 1. The number of carbonyl (C=O) groups excluding carboxylic acids is 1. The third-order valence-corrected chi connectivity index (χ3v) is 6.83. The number of anilines is 2. The Morgan fingerprint density at radius 2 is 1.73 bits per heavy atom. The van der Waals surface area contributed by atoms with Crippen LogP contribution in [-0.2, 0) is 14.8 Å². The van der Waals surface area contributed by atoms with Gasteiger partial charge in [0.05, 0.1) is 17.7 Å². The first kappa shape index (κ1) is 21.7. The lowest BCUT2D eigenvalue weighted by atomic mass is 10.3. The molecule has 0 aliphatic heterocycles. The smallest absolute Gasteiger partial charge is 0.264 e. The fourth-order valence-electron chi connectivity index (χ4n) is 2.83. The van der Waals surface area contributed by atoms with E-state index in [0.717, 1.165) is 9.20 Å². The average Bonchev–Trinajstić information content (AvgIpc) is 2.78. The Bertz CT molecular complexity index is 1120. The molecule has 8 heteroatoms. The summed E-state index contributed by atoms with van der Waals surface area (Å²) >= 11 is 1.55. The Balaban J connectivity index is 1.94. The van der Waals surface area contributed by atoms with Crippen LogP contribution in [-0.4, -0.2) is 34.2 Å². The Labute approximate surface area is 180 Å². The average molecular weight is 443 g/mol. The van der Waals surface area contributed by atoms with Gasteiger partial charge >= 0.3 is 0 Å². The molecule has 3 aromatic carbocycles. The minimum atomic E-state index is -3.97. The van der Waals surface area contributed by atoms with E-state index in [1.807, 2.05) is 24.5 Å². The van der Waals surface area contributed by atoms with Crippen LogP contribution in [0.2, 0.25) is 0 Å². The molecular formula is C22H22N2O4S2. The fraction of sp³-hybridized carbons (Fsp3) is 0.136. The van der Waals surface area contributed by atoms with E-state index in [-0.39, 0.29) is 11.4 Å². The highest BCUT2D eigenvalue weighted by Crippen LogP contribution is 2.27. The van der Waals surface area contributed by atoms with Gasteiger partial charge < -0.3 is 10.1 Å². The number of benzene rings is 3. The van der Waals surface area contributed by atoms with Crippen LogP contribution in [0.15, 0.2) is 88.7 Å². The van der Waals surface area contributed by atoms with Gasteiger partial charge in [0.1, 0.15) is 12.3 Å². The second kappa shape index (κ2) is 9.69. The Hall–Kier alpha value is -2.97. The van der Waals surface area contributed by atoms with E-state index in [9.17, 15) is 13.2 Å². The van der Waals surface area contributed by atoms with Crippen LogP contribution in [0, 0.1) is 0 Å². The van der Waals surface area contributed by atoms with Gasteiger partial charge in [0.25, 0.3) is 10.0 Å². The van der Waals surface area contributed by atoms with Crippen molar-refractivity contribution in [2.24, 2.45) is 0 Å². The lowest BCUT2D eigenvalue weighted by Crippen LogP contribution is -2.38. The van der Waals surface area contributed by atoms with Crippen LogP contribution in [0.4, 0.5) is 11.4 Å².